The first-order valence-corrected chi connectivity index (χ1v) is 7.01. The maximum Gasteiger partial charge on any atom is 0.135 e. The Labute approximate surface area is 113 Å². The number of fused-ring (bicyclic) bond motifs is 1. The lowest BCUT2D eigenvalue weighted by molar-refractivity contribution is 0.265. The number of aliphatic hydroxyl groups excluding tert-OH is 1. The molecule has 0 saturated heterocycles. The minimum absolute atomic E-state index is 0.106. The van der Waals surface area contributed by atoms with E-state index in [9.17, 15) is 9.50 Å². The molecule has 19 heavy (non-hydrogen) atoms. The van der Waals surface area contributed by atoms with Gasteiger partial charge in [-0.05, 0) is 18.6 Å². The lowest BCUT2D eigenvalue weighted by Gasteiger charge is -2.07. The van der Waals surface area contributed by atoms with E-state index in [0.717, 1.165) is 18.5 Å². The molecule has 0 bridgehead atoms. The van der Waals surface area contributed by atoms with E-state index >= 15 is 0 Å². The minimum Gasteiger partial charge on any atom is -0.388 e. The zero-order valence-electron chi connectivity index (χ0n) is 11.4. The molecule has 104 valence electrons. The summed E-state index contributed by atoms with van der Waals surface area (Å²) in [6.45, 7) is 2.93. The van der Waals surface area contributed by atoms with Crippen LogP contribution in [0.1, 0.15) is 44.9 Å². The highest BCUT2D eigenvalue weighted by molar-refractivity contribution is 5.76. The van der Waals surface area contributed by atoms with Crippen LogP contribution in [0.5, 0.6) is 0 Å². The molecular weight excluding hydrogens is 243 g/mol. The van der Waals surface area contributed by atoms with Gasteiger partial charge >= 0.3 is 0 Å². The van der Waals surface area contributed by atoms with Crippen LogP contribution < -0.4 is 0 Å². The van der Waals surface area contributed by atoms with Crippen molar-refractivity contribution in [2.75, 3.05) is 0 Å². The van der Waals surface area contributed by atoms with Gasteiger partial charge in [0, 0.05) is 12.6 Å². The Morgan fingerprint density at radius 1 is 1.21 bits per heavy atom. The Kier molecular flexibility index (Phi) is 4.91. The molecule has 0 fully saturated rings. The van der Waals surface area contributed by atoms with Crippen LogP contribution >= 0.6 is 0 Å². The molecule has 0 aliphatic heterocycles. The Morgan fingerprint density at radius 3 is 2.74 bits per heavy atom. The average molecular weight is 264 g/mol. The number of aryl methyl sites for hydroxylation is 1. The molecule has 4 heteroatoms. The SMILES string of the molecule is CCCCCCCn1c(CO)nc2cc(F)ccc21. The molecule has 0 aliphatic carbocycles. The number of imidazole rings is 1. The molecule has 2 aromatic rings. The molecule has 0 spiro atoms. The summed E-state index contributed by atoms with van der Waals surface area (Å²) in [5.74, 6) is 0.334. The number of halogens is 1. The molecule has 0 saturated carbocycles. The zero-order valence-corrected chi connectivity index (χ0v) is 11.4. The van der Waals surface area contributed by atoms with E-state index in [1.54, 1.807) is 6.07 Å². The molecule has 0 unspecified atom stereocenters. The zero-order chi connectivity index (χ0) is 13.7. The van der Waals surface area contributed by atoms with E-state index in [4.69, 9.17) is 0 Å². The largest absolute Gasteiger partial charge is 0.388 e. The van der Waals surface area contributed by atoms with Gasteiger partial charge in [-0.15, -0.1) is 0 Å². The van der Waals surface area contributed by atoms with Crippen molar-refractivity contribution in [3.05, 3.63) is 29.8 Å². The quantitative estimate of drug-likeness (QED) is 0.775. The van der Waals surface area contributed by atoms with Crippen molar-refractivity contribution in [2.45, 2.75) is 52.2 Å². The number of rotatable bonds is 7. The highest BCUT2D eigenvalue weighted by Crippen LogP contribution is 2.19. The van der Waals surface area contributed by atoms with Crippen LogP contribution in [0.2, 0.25) is 0 Å². The standard InChI is InChI=1S/C15H21FN2O/c1-2-3-4-5-6-9-18-14-8-7-12(16)10-13(14)17-15(18)11-19/h7-8,10,19H,2-6,9,11H2,1H3. The normalized spacial score (nSPS) is 11.3. The molecule has 0 radical (unpaired) electrons. The molecule has 0 atom stereocenters. The van der Waals surface area contributed by atoms with Crippen molar-refractivity contribution in [3.8, 4) is 0 Å². The van der Waals surface area contributed by atoms with Gasteiger partial charge < -0.3 is 9.67 Å². The first-order chi connectivity index (χ1) is 9.26. The topological polar surface area (TPSA) is 38.0 Å². The lowest BCUT2D eigenvalue weighted by atomic mass is 10.1. The van der Waals surface area contributed by atoms with Crippen LogP contribution in [-0.4, -0.2) is 14.7 Å². The number of hydrogen-bond acceptors (Lipinski definition) is 2. The Morgan fingerprint density at radius 2 is 2.00 bits per heavy atom. The Balaban J connectivity index is 2.11. The number of aliphatic hydroxyl groups is 1. The van der Waals surface area contributed by atoms with Gasteiger partial charge in [0.05, 0.1) is 11.0 Å². The second-order valence-electron chi connectivity index (χ2n) is 4.89. The molecule has 0 amide bonds. The summed E-state index contributed by atoms with van der Waals surface area (Å²) in [5.41, 5.74) is 1.53. The predicted octanol–water partition coefficient (Wildman–Crippen LogP) is 3.64. The van der Waals surface area contributed by atoms with E-state index in [0.29, 0.717) is 11.3 Å². The summed E-state index contributed by atoms with van der Waals surface area (Å²) < 4.78 is 15.2. The third kappa shape index (κ3) is 3.32. The fraction of sp³-hybridized carbons (Fsp3) is 0.533. The van der Waals surface area contributed by atoms with Crippen molar-refractivity contribution >= 4 is 11.0 Å². The van der Waals surface area contributed by atoms with Crippen LogP contribution in [0.25, 0.3) is 11.0 Å². The number of hydrogen-bond donors (Lipinski definition) is 1. The van der Waals surface area contributed by atoms with Crippen molar-refractivity contribution in [2.24, 2.45) is 0 Å². The number of benzene rings is 1. The first-order valence-electron chi connectivity index (χ1n) is 7.01. The molecule has 1 N–H and O–H groups in total. The molecule has 1 heterocycles. The Hall–Kier alpha value is -1.42. The van der Waals surface area contributed by atoms with Crippen LogP contribution in [-0.2, 0) is 13.2 Å². The van der Waals surface area contributed by atoms with Crippen LogP contribution in [0.4, 0.5) is 4.39 Å². The van der Waals surface area contributed by atoms with Crippen molar-refractivity contribution in [1.29, 1.82) is 0 Å². The maximum absolute atomic E-state index is 13.2. The monoisotopic (exact) mass is 264 g/mol. The maximum atomic E-state index is 13.2. The molecule has 0 aliphatic rings. The van der Waals surface area contributed by atoms with Gasteiger partial charge in [0.1, 0.15) is 18.2 Å². The summed E-state index contributed by atoms with van der Waals surface area (Å²) in [4.78, 5) is 4.28. The van der Waals surface area contributed by atoms with Crippen molar-refractivity contribution in [1.82, 2.24) is 9.55 Å². The van der Waals surface area contributed by atoms with E-state index in [1.165, 1.54) is 37.8 Å². The minimum atomic E-state index is -0.287. The number of nitrogens with zero attached hydrogens (tertiary/aromatic N) is 2. The molecule has 1 aromatic carbocycles. The predicted molar refractivity (Wildman–Crippen MR) is 74.4 cm³/mol. The van der Waals surface area contributed by atoms with Gasteiger partial charge in [-0.1, -0.05) is 32.6 Å². The van der Waals surface area contributed by atoms with Gasteiger partial charge in [0.25, 0.3) is 0 Å². The van der Waals surface area contributed by atoms with Crippen LogP contribution in [0, 0.1) is 5.82 Å². The fourth-order valence-electron chi connectivity index (χ4n) is 2.40. The van der Waals surface area contributed by atoms with Gasteiger partial charge in [0.15, 0.2) is 0 Å². The fourth-order valence-corrected chi connectivity index (χ4v) is 2.40. The lowest BCUT2D eigenvalue weighted by Crippen LogP contribution is -2.04. The highest BCUT2D eigenvalue weighted by Gasteiger charge is 2.10. The number of aromatic nitrogens is 2. The van der Waals surface area contributed by atoms with Crippen molar-refractivity contribution in [3.63, 3.8) is 0 Å². The van der Waals surface area contributed by atoms with Gasteiger partial charge in [-0.2, -0.15) is 0 Å². The van der Waals surface area contributed by atoms with Crippen LogP contribution in [0.3, 0.4) is 0 Å². The van der Waals surface area contributed by atoms with Gasteiger partial charge in [-0.25, -0.2) is 9.37 Å². The van der Waals surface area contributed by atoms with E-state index in [2.05, 4.69) is 11.9 Å². The summed E-state index contributed by atoms with van der Waals surface area (Å²) in [6.07, 6.45) is 5.99. The van der Waals surface area contributed by atoms with E-state index in [-0.39, 0.29) is 12.4 Å². The number of unbranched alkanes of at least 4 members (excludes halogenated alkanes) is 4. The summed E-state index contributed by atoms with van der Waals surface area (Å²) in [6, 6.07) is 4.60. The Bertz CT molecular complexity index is 536. The molecular formula is C15H21FN2O. The summed E-state index contributed by atoms with van der Waals surface area (Å²) >= 11 is 0. The van der Waals surface area contributed by atoms with Gasteiger partial charge in [0.2, 0.25) is 0 Å². The second-order valence-corrected chi connectivity index (χ2v) is 4.89. The van der Waals surface area contributed by atoms with Crippen molar-refractivity contribution < 1.29 is 9.50 Å². The third-order valence-corrected chi connectivity index (χ3v) is 3.42. The molecule has 3 nitrogen and oxygen atoms in total. The molecule has 1 aromatic heterocycles. The second kappa shape index (κ2) is 6.66. The summed E-state index contributed by atoms with van der Waals surface area (Å²) in [7, 11) is 0. The average Bonchev–Trinajstić information content (AvgIpc) is 2.75. The van der Waals surface area contributed by atoms with E-state index < -0.39 is 0 Å². The summed E-state index contributed by atoms with van der Waals surface area (Å²) in [5, 5.41) is 9.35. The third-order valence-electron chi connectivity index (χ3n) is 3.42. The van der Waals surface area contributed by atoms with Gasteiger partial charge in [-0.3, -0.25) is 0 Å². The van der Waals surface area contributed by atoms with E-state index in [1.807, 2.05) is 4.57 Å². The first kappa shape index (κ1) is 14.0. The van der Waals surface area contributed by atoms with Crippen LogP contribution in [0.15, 0.2) is 18.2 Å². The smallest absolute Gasteiger partial charge is 0.135 e. The molecule has 2 rings (SSSR count). The highest BCUT2D eigenvalue weighted by atomic mass is 19.1.